The third kappa shape index (κ3) is 2.38. The van der Waals surface area contributed by atoms with Crippen LogP contribution in [-0.2, 0) is 0 Å². The monoisotopic (exact) mass is 205 g/mol. The maximum absolute atomic E-state index is 5.19. The van der Waals surface area contributed by atoms with Crippen molar-refractivity contribution >= 4 is 11.0 Å². The Morgan fingerprint density at radius 3 is 2.47 bits per heavy atom. The zero-order valence-corrected chi connectivity index (χ0v) is 10.2. The maximum Gasteiger partial charge on any atom is 0.167 e. The van der Waals surface area contributed by atoms with E-state index in [0.29, 0.717) is 5.92 Å². The van der Waals surface area contributed by atoms with Gasteiger partial charge in [0.05, 0.1) is 5.69 Å². The van der Waals surface area contributed by atoms with Crippen molar-refractivity contribution in [3.8, 4) is 0 Å². The number of rotatable bonds is 1. The molecule has 0 radical (unpaired) electrons. The molecule has 0 aliphatic heterocycles. The minimum atomic E-state index is 0.537. The molecule has 2 aromatic rings. The van der Waals surface area contributed by atoms with Gasteiger partial charge in [0.15, 0.2) is 5.58 Å². The van der Waals surface area contributed by atoms with Crippen LogP contribution in [0.3, 0.4) is 0 Å². The lowest BCUT2D eigenvalue weighted by molar-refractivity contribution is 0.450. The van der Waals surface area contributed by atoms with Crippen LogP contribution in [0.2, 0.25) is 0 Å². The molecule has 1 aromatic heterocycles. The minimum absolute atomic E-state index is 0.537. The Balaban J connectivity index is 0.000000531. The third-order valence-electron chi connectivity index (χ3n) is 2.34. The van der Waals surface area contributed by atoms with E-state index in [0.717, 1.165) is 16.7 Å². The van der Waals surface area contributed by atoms with E-state index < -0.39 is 0 Å². The number of fused-ring (bicyclic) bond motifs is 1. The van der Waals surface area contributed by atoms with Crippen LogP contribution in [0.1, 0.15) is 44.9 Å². The van der Waals surface area contributed by atoms with Gasteiger partial charge in [-0.3, -0.25) is 0 Å². The average molecular weight is 205 g/mol. The predicted octanol–water partition coefficient (Wildman–Crippen LogP) is 4.29. The van der Waals surface area contributed by atoms with Crippen molar-refractivity contribution in [3.05, 3.63) is 29.5 Å². The van der Waals surface area contributed by atoms with Crippen molar-refractivity contribution < 1.29 is 4.52 Å². The first kappa shape index (κ1) is 11.8. The Kier molecular flexibility index (Phi) is 3.89. The van der Waals surface area contributed by atoms with Crippen LogP contribution in [0.15, 0.2) is 22.7 Å². The van der Waals surface area contributed by atoms with Crippen LogP contribution in [0, 0.1) is 6.92 Å². The van der Waals surface area contributed by atoms with Gasteiger partial charge in [-0.25, -0.2) is 0 Å². The summed E-state index contributed by atoms with van der Waals surface area (Å²) in [7, 11) is 0. The SMILES string of the molecule is CC.Cc1noc2cc(C(C)C)ccc12. The molecule has 0 N–H and O–H groups in total. The summed E-state index contributed by atoms with van der Waals surface area (Å²) >= 11 is 0. The van der Waals surface area contributed by atoms with Crippen LogP contribution >= 0.6 is 0 Å². The second-order valence-electron chi connectivity index (χ2n) is 3.68. The van der Waals surface area contributed by atoms with E-state index in [4.69, 9.17) is 4.52 Å². The number of nitrogens with zero attached hydrogens (tertiary/aromatic N) is 1. The lowest BCUT2D eigenvalue weighted by Crippen LogP contribution is -1.85. The molecule has 2 nitrogen and oxygen atoms in total. The van der Waals surface area contributed by atoms with Gasteiger partial charge in [0.1, 0.15) is 0 Å². The molecule has 0 saturated heterocycles. The van der Waals surface area contributed by atoms with E-state index in [1.54, 1.807) is 0 Å². The molecule has 0 aliphatic carbocycles. The number of aryl methyl sites for hydroxylation is 1. The van der Waals surface area contributed by atoms with Gasteiger partial charge in [-0.05, 0) is 30.5 Å². The third-order valence-corrected chi connectivity index (χ3v) is 2.34. The van der Waals surface area contributed by atoms with Gasteiger partial charge < -0.3 is 4.52 Å². The van der Waals surface area contributed by atoms with Gasteiger partial charge in [-0.1, -0.05) is 38.9 Å². The van der Waals surface area contributed by atoms with Crippen LogP contribution in [0.5, 0.6) is 0 Å². The van der Waals surface area contributed by atoms with Crippen molar-refractivity contribution in [2.45, 2.75) is 40.5 Å². The quantitative estimate of drug-likeness (QED) is 0.694. The molecule has 0 amide bonds. The van der Waals surface area contributed by atoms with E-state index in [1.165, 1.54) is 5.56 Å². The summed E-state index contributed by atoms with van der Waals surface area (Å²) in [6.45, 7) is 10.3. The zero-order valence-electron chi connectivity index (χ0n) is 10.2. The summed E-state index contributed by atoms with van der Waals surface area (Å²) < 4.78 is 5.19. The van der Waals surface area contributed by atoms with E-state index >= 15 is 0 Å². The van der Waals surface area contributed by atoms with Gasteiger partial charge >= 0.3 is 0 Å². The highest BCUT2D eigenvalue weighted by Gasteiger charge is 2.06. The first-order valence-corrected chi connectivity index (χ1v) is 5.54. The molecule has 0 fully saturated rings. The Hall–Kier alpha value is -1.31. The number of hydrogen-bond donors (Lipinski definition) is 0. The highest BCUT2D eigenvalue weighted by Crippen LogP contribution is 2.23. The van der Waals surface area contributed by atoms with Crippen molar-refractivity contribution in [1.29, 1.82) is 0 Å². The fraction of sp³-hybridized carbons (Fsp3) is 0.462. The minimum Gasteiger partial charge on any atom is -0.356 e. The summed E-state index contributed by atoms with van der Waals surface area (Å²) in [5.41, 5.74) is 3.15. The molecule has 2 rings (SSSR count). The number of aromatic nitrogens is 1. The first-order valence-electron chi connectivity index (χ1n) is 5.54. The lowest BCUT2D eigenvalue weighted by Gasteiger charge is -2.02. The predicted molar refractivity (Wildman–Crippen MR) is 64.2 cm³/mol. The fourth-order valence-electron chi connectivity index (χ4n) is 1.44. The molecular formula is C13H19NO. The van der Waals surface area contributed by atoms with Gasteiger partial charge in [0.25, 0.3) is 0 Å². The topological polar surface area (TPSA) is 26.0 Å². The van der Waals surface area contributed by atoms with Gasteiger partial charge in [-0.15, -0.1) is 0 Å². The smallest absolute Gasteiger partial charge is 0.167 e. The first-order chi connectivity index (χ1) is 7.18. The average Bonchev–Trinajstić information content (AvgIpc) is 2.63. The highest BCUT2D eigenvalue weighted by atomic mass is 16.5. The molecule has 15 heavy (non-hydrogen) atoms. The summed E-state index contributed by atoms with van der Waals surface area (Å²) in [5, 5.41) is 5.04. The normalized spacial score (nSPS) is 10.3. The molecule has 2 heteroatoms. The van der Waals surface area contributed by atoms with Crippen molar-refractivity contribution in [2.24, 2.45) is 0 Å². The van der Waals surface area contributed by atoms with Crippen LogP contribution in [0.4, 0.5) is 0 Å². The van der Waals surface area contributed by atoms with E-state index in [2.05, 4.69) is 37.2 Å². The van der Waals surface area contributed by atoms with E-state index in [1.807, 2.05) is 20.8 Å². The number of benzene rings is 1. The zero-order chi connectivity index (χ0) is 11.4. The van der Waals surface area contributed by atoms with E-state index in [-0.39, 0.29) is 0 Å². The summed E-state index contributed by atoms with van der Waals surface area (Å²) in [6.07, 6.45) is 0. The summed E-state index contributed by atoms with van der Waals surface area (Å²) in [6, 6.07) is 6.29. The Morgan fingerprint density at radius 1 is 1.20 bits per heavy atom. The molecule has 82 valence electrons. The van der Waals surface area contributed by atoms with Crippen molar-refractivity contribution in [1.82, 2.24) is 5.16 Å². The largest absolute Gasteiger partial charge is 0.356 e. The Labute approximate surface area is 91.3 Å². The maximum atomic E-state index is 5.19. The molecule has 0 spiro atoms. The lowest BCUT2D eigenvalue weighted by atomic mass is 10.0. The molecule has 0 unspecified atom stereocenters. The molecule has 1 heterocycles. The van der Waals surface area contributed by atoms with E-state index in [9.17, 15) is 0 Å². The summed E-state index contributed by atoms with van der Waals surface area (Å²) in [5.74, 6) is 0.537. The second kappa shape index (κ2) is 4.96. The Bertz CT molecular complexity index is 429. The van der Waals surface area contributed by atoms with Crippen LogP contribution < -0.4 is 0 Å². The fourth-order valence-corrected chi connectivity index (χ4v) is 1.44. The number of hydrogen-bond acceptors (Lipinski definition) is 2. The highest BCUT2D eigenvalue weighted by molar-refractivity contribution is 5.79. The van der Waals surface area contributed by atoms with Gasteiger partial charge in [0, 0.05) is 5.39 Å². The molecule has 0 atom stereocenters. The summed E-state index contributed by atoms with van der Waals surface area (Å²) in [4.78, 5) is 0. The molecule has 0 aliphatic rings. The molecule has 0 bridgehead atoms. The van der Waals surface area contributed by atoms with Crippen molar-refractivity contribution in [2.75, 3.05) is 0 Å². The molecule has 0 saturated carbocycles. The van der Waals surface area contributed by atoms with Gasteiger partial charge in [-0.2, -0.15) is 0 Å². The van der Waals surface area contributed by atoms with Crippen LogP contribution in [-0.4, -0.2) is 5.16 Å². The second-order valence-corrected chi connectivity index (χ2v) is 3.68. The Morgan fingerprint density at radius 2 is 1.87 bits per heavy atom. The van der Waals surface area contributed by atoms with Crippen molar-refractivity contribution in [3.63, 3.8) is 0 Å². The van der Waals surface area contributed by atoms with Gasteiger partial charge in [0.2, 0.25) is 0 Å². The van der Waals surface area contributed by atoms with Crippen LogP contribution in [0.25, 0.3) is 11.0 Å². The molecule has 1 aromatic carbocycles. The molecular weight excluding hydrogens is 186 g/mol. The standard InChI is InChI=1S/C11H13NO.C2H6/c1-7(2)9-4-5-10-8(3)12-13-11(10)6-9;1-2/h4-7H,1-3H3;1-2H3.